The van der Waals surface area contributed by atoms with Crippen LogP contribution in [0, 0.1) is 5.92 Å². The summed E-state index contributed by atoms with van der Waals surface area (Å²) in [5, 5.41) is 3.40. The molecule has 0 saturated carbocycles. The van der Waals surface area contributed by atoms with Gasteiger partial charge in [-0.25, -0.2) is 0 Å². The van der Waals surface area contributed by atoms with E-state index in [1.807, 2.05) is 0 Å². The lowest BCUT2D eigenvalue weighted by Gasteiger charge is -2.27. The minimum atomic E-state index is 0.531. The van der Waals surface area contributed by atoms with Crippen LogP contribution in [-0.2, 0) is 4.74 Å². The summed E-state index contributed by atoms with van der Waals surface area (Å²) in [6.45, 7) is 13.4. The molecule has 17 heavy (non-hydrogen) atoms. The summed E-state index contributed by atoms with van der Waals surface area (Å²) >= 11 is 0. The quantitative estimate of drug-likeness (QED) is 0.688. The third kappa shape index (κ3) is 6.81. The Labute approximate surface area is 106 Å². The van der Waals surface area contributed by atoms with Crippen molar-refractivity contribution in [1.29, 1.82) is 0 Å². The molecule has 0 aliphatic carbocycles. The molecule has 0 aromatic rings. The van der Waals surface area contributed by atoms with Gasteiger partial charge in [0.2, 0.25) is 0 Å². The van der Waals surface area contributed by atoms with Crippen molar-refractivity contribution in [2.24, 2.45) is 5.92 Å². The minimum absolute atomic E-state index is 0.531. The molecule has 1 fully saturated rings. The van der Waals surface area contributed by atoms with Crippen LogP contribution in [0.5, 0.6) is 0 Å². The molecule has 1 heterocycles. The highest BCUT2D eigenvalue weighted by atomic mass is 16.5. The summed E-state index contributed by atoms with van der Waals surface area (Å²) < 4.78 is 5.51. The molecule has 3 nitrogen and oxygen atoms in total. The number of hydrogen-bond donors (Lipinski definition) is 1. The normalized spacial score (nSPS) is 21.1. The molecule has 0 aromatic carbocycles. The first-order valence-electron chi connectivity index (χ1n) is 6.74. The van der Waals surface area contributed by atoms with Gasteiger partial charge in [0.15, 0.2) is 0 Å². The largest absolute Gasteiger partial charge is 0.381 e. The van der Waals surface area contributed by atoms with Crippen LogP contribution in [0.25, 0.3) is 0 Å². The Kier molecular flexibility index (Phi) is 6.78. The molecule has 1 saturated heterocycles. The molecule has 0 bridgehead atoms. The standard InChI is InChI=1S/C14H28N2O/c1-12(2)15-8-13(3)9-16(4)10-14-6-5-7-17-11-14/h12,14-15H,3,5-11H2,1-2,4H3. The lowest BCUT2D eigenvalue weighted by atomic mass is 10.0. The molecule has 1 aliphatic rings. The second-order valence-electron chi connectivity index (χ2n) is 5.57. The Hall–Kier alpha value is -0.380. The lowest BCUT2D eigenvalue weighted by molar-refractivity contribution is 0.0431. The summed E-state index contributed by atoms with van der Waals surface area (Å²) in [6, 6.07) is 0.531. The van der Waals surface area contributed by atoms with Crippen LogP contribution in [0.4, 0.5) is 0 Å². The van der Waals surface area contributed by atoms with Crippen LogP contribution in [0.15, 0.2) is 12.2 Å². The zero-order chi connectivity index (χ0) is 12.7. The van der Waals surface area contributed by atoms with E-state index in [9.17, 15) is 0 Å². The van der Waals surface area contributed by atoms with Gasteiger partial charge in [-0.3, -0.25) is 0 Å². The highest BCUT2D eigenvalue weighted by molar-refractivity contribution is 4.99. The van der Waals surface area contributed by atoms with Crippen molar-refractivity contribution >= 4 is 0 Å². The maximum absolute atomic E-state index is 5.51. The molecule has 1 aliphatic heterocycles. The molecule has 0 aromatic heterocycles. The lowest BCUT2D eigenvalue weighted by Crippen LogP contribution is -2.34. The maximum atomic E-state index is 5.51. The van der Waals surface area contributed by atoms with Gasteiger partial charge >= 0.3 is 0 Å². The second-order valence-corrected chi connectivity index (χ2v) is 5.57. The van der Waals surface area contributed by atoms with Crippen molar-refractivity contribution in [3.63, 3.8) is 0 Å². The predicted octanol–water partition coefficient (Wildman–Crippen LogP) is 1.90. The smallest absolute Gasteiger partial charge is 0.0506 e. The van der Waals surface area contributed by atoms with Crippen LogP contribution in [0.3, 0.4) is 0 Å². The first-order chi connectivity index (χ1) is 8.08. The van der Waals surface area contributed by atoms with Gasteiger partial charge in [0.25, 0.3) is 0 Å². The average molecular weight is 240 g/mol. The molecule has 1 rings (SSSR count). The summed E-state index contributed by atoms with van der Waals surface area (Å²) in [4.78, 5) is 2.36. The molecular formula is C14H28N2O. The summed E-state index contributed by atoms with van der Waals surface area (Å²) in [7, 11) is 2.18. The van der Waals surface area contributed by atoms with Gasteiger partial charge in [0, 0.05) is 32.3 Å². The molecular weight excluding hydrogens is 212 g/mol. The highest BCUT2D eigenvalue weighted by Gasteiger charge is 2.15. The highest BCUT2D eigenvalue weighted by Crippen LogP contribution is 2.14. The van der Waals surface area contributed by atoms with E-state index < -0.39 is 0 Å². The van der Waals surface area contributed by atoms with Crippen LogP contribution in [0.2, 0.25) is 0 Å². The Morgan fingerprint density at radius 1 is 1.53 bits per heavy atom. The zero-order valence-corrected chi connectivity index (χ0v) is 11.7. The minimum Gasteiger partial charge on any atom is -0.381 e. The van der Waals surface area contributed by atoms with Crippen LogP contribution in [-0.4, -0.2) is 50.8 Å². The van der Waals surface area contributed by atoms with Gasteiger partial charge in [-0.1, -0.05) is 20.4 Å². The zero-order valence-electron chi connectivity index (χ0n) is 11.7. The van der Waals surface area contributed by atoms with E-state index in [1.54, 1.807) is 0 Å². The van der Waals surface area contributed by atoms with E-state index >= 15 is 0 Å². The van der Waals surface area contributed by atoms with Crippen molar-refractivity contribution < 1.29 is 4.74 Å². The fraction of sp³-hybridized carbons (Fsp3) is 0.857. The average Bonchev–Trinajstić information content (AvgIpc) is 2.27. The summed E-state index contributed by atoms with van der Waals surface area (Å²) in [5.41, 5.74) is 1.26. The maximum Gasteiger partial charge on any atom is 0.0506 e. The molecule has 1 N–H and O–H groups in total. The Morgan fingerprint density at radius 2 is 2.29 bits per heavy atom. The van der Waals surface area contributed by atoms with E-state index in [2.05, 4.69) is 37.7 Å². The van der Waals surface area contributed by atoms with Crippen molar-refractivity contribution in [2.45, 2.75) is 32.7 Å². The third-order valence-electron chi connectivity index (χ3n) is 3.08. The summed E-state index contributed by atoms with van der Waals surface area (Å²) in [5.74, 6) is 0.708. The second kappa shape index (κ2) is 7.85. The molecule has 1 atom stereocenters. The van der Waals surface area contributed by atoms with Gasteiger partial charge < -0.3 is 15.0 Å². The van der Waals surface area contributed by atoms with Crippen molar-refractivity contribution in [2.75, 3.05) is 39.9 Å². The molecule has 0 amide bonds. The first kappa shape index (κ1) is 14.7. The van der Waals surface area contributed by atoms with Gasteiger partial charge in [0.05, 0.1) is 6.61 Å². The number of ether oxygens (including phenoxy) is 1. The van der Waals surface area contributed by atoms with Gasteiger partial charge in [-0.2, -0.15) is 0 Å². The van der Waals surface area contributed by atoms with E-state index in [4.69, 9.17) is 4.74 Å². The van der Waals surface area contributed by atoms with E-state index in [1.165, 1.54) is 18.4 Å². The van der Waals surface area contributed by atoms with Crippen molar-refractivity contribution in [3.05, 3.63) is 12.2 Å². The Morgan fingerprint density at radius 3 is 2.88 bits per heavy atom. The van der Waals surface area contributed by atoms with E-state index in [0.29, 0.717) is 12.0 Å². The van der Waals surface area contributed by atoms with Crippen LogP contribution in [0.1, 0.15) is 26.7 Å². The van der Waals surface area contributed by atoms with Crippen molar-refractivity contribution in [3.8, 4) is 0 Å². The number of hydrogen-bond acceptors (Lipinski definition) is 3. The molecule has 0 radical (unpaired) electrons. The summed E-state index contributed by atoms with van der Waals surface area (Å²) in [6.07, 6.45) is 2.52. The SMILES string of the molecule is C=C(CNC(C)C)CN(C)CC1CCCOC1. The monoisotopic (exact) mass is 240 g/mol. The van der Waals surface area contributed by atoms with Crippen molar-refractivity contribution in [1.82, 2.24) is 10.2 Å². The molecule has 0 spiro atoms. The van der Waals surface area contributed by atoms with E-state index in [0.717, 1.165) is 32.8 Å². The van der Waals surface area contributed by atoms with Crippen LogP contribution >= 0.6 is 0 Å². The fourth-order valence-electron chi connectivity index (χ4n) is 2.24. The fourth-order valence-corrected chi connectivity index (χ4v) is 2.24. The number of nitrogens with one attached hydrogen (secondary N) is 1. The molecule has 1 unspecified atom stereocenters. The molecule has 100 valence electrons. The third-order valence-corrected chi connectivity index (χ3v) is 3.08. The van der Waals surface area contributed by atoms with E-state index in [-0.39, 0.29) is 0 Å². The first-order valence-corrected chi connectivity index (χ1v) is 6.74. The Bertz CT molecular complexity index is 222. The van der Waals surface area contributed by atoms with Crippen LogP contribution < -0.4 is 5.32 Å². The topological polar surface area (TPSA) is 24.5 Å². The Balaban J connectivity index is 2.14. The van der Waals surface area contributed by atoms with Gasteiger partial charge in [0.1, 0.15) is 0 Å². The van der Waals surface area contributed by atoms with Gasteiger partial charge in [-0.05, 0) is 31.4 Å². The number of likely N-dealkylation sites (N-methyl/N-ethyl adjacent to an activating group) is 1. The predicted molar refractivity (Wildman–Crippen MR) is 73.3 cm³/mol. The van der Waals surface area contributed by atoms with Gasteiger partial charge in [-0.15, -0.1) is 0 Å². The molecule has 3 heteroatoms. The number of rotatable bonds is 7. The number of nitrogens with zero attached hydrogens (tertiary/aromatic N) is 1.